The summed E-state index contributed by atoms with van der Waals surface area (Å²) in [5.74, 6) is 2.00. The molecule has 3 aromatic rings. The van der Waals surface area contributed by atoms with E-state index >= 15 is 0 Å². The summed E-state index contributed by atoms with van der Waals surface area (Å²) >= 11 is 0. The van der Waals surface area contributed by atoms with Crippen molar-refractivity contribution < 1.29 is 14.3 Å². The predicted octanol–water partition coefficient (Wildman–Crippen LogP) is 4.11. The van der Waals surface area contributed by atoms with Gasteiger partial charge in [0.25, 0.3) is 5.91 Å². The lowest BCUT2D eigenvalue weighted by Crippen LogP contribution is -2.48. The first-order chi connectivity index (χ1) is 24.0. The lowest BCUT2D eigenvalue weighted by atomic mass is 10.1. The van der Waals surface area contributed by atoms with Crippen LogP contribution in [0.4, 0.5) is 28.1 Å². The van der Waals surface area contributed by atoms with Crippen molar-refractivity contribution >= 4 is 35.2 Å². The van der Waals surface area contributed by atoms with Gasteiger partial charge in [-0.25, -0.2) is 4.79 Å². The number of amides is 3. The number of hydrogen-bond donors (Lipinski definition) is 2. The molecule has 3 amide bonds. The second kappa shape index (κ2) is 16.9. The van der Waals surface area contributed by atoms with E-state index in [1.807, 2.05) is 29.2 Å². The minimum atomic E-state index is -0.366. The smallest absolute Gasteiger partial charge is 0.323 e. The van der Waals surface area contributed by atoms with Gasteiger partial charge in [0.05, 0.1) is 13.2 Å². The van der Waals surface area contributed by atoms with Crippen LogP contribution in [-0.2, 0) is 4.74 Å². The van der Waals surface area contributed by atoms with Crippen LogP contribution in [0.5, 0.6) is 0 Å². The number of ether oxygens (including phenoxy) is 1. The van der Waals surface area contributed by atoms with Gasteiger partial charge in [-0.15, -0.1) is 0 Å². The molecule has 49 heavy (non-hydrogen) atoms. The van der Waals surface area contributed by atoms with Gasteiger partial charge in [-0.05, 0) is 87.4 Å². The molecule has 13 heteroatoms. The second-order valence-electron chi connectivity index (χ2n) is 12.9. The maximum Gasteiger partial charge on any atom is 0.323 e. The molecule has 0 atom stereocenters. The standard InChI is InChI=1S/C36H50N10O3/c1-3-14-42-16-5-17-45(23-20-42)34-39-32(40-35(41-34)46-24-26-49-27-25-46)28-6-10-30(11-7-28)37-36(48)38-31-12-8-29(9-13-31)33(47)44-21-18-43(15-4-2)19-22-44/h6-13H,3-5,14-27H2,1-2H3,(H2,37,38,48). The van der Waals surface area contributed by atoms with Crippen molar-refractivity contribution in [3.05, 3.63) is 54.1 Å². The van der Waals surface area contributed by atoms with E-state index in [0.717, 1.165) is 103 Å². The zero-order valence-corrected chi connectivity index (χ0v) is 28.9. The topological polar surface area (TPSA) is 122 Å². The van der Waals surface area contributed by atoms with Gasteiger partial charge in [-0.3, -0.25) is 9.69 Å². The third-order valence-electron chi connectivity index (χ3n) is 9.31. The van der Waals surface area contributed by atoms with Crippen LogP contribution >= 0.6 is 0 Å². The number of piperazine rings is 1. The zero-order valence-electron chi connectivity index (χ0n) is 28.9. The number of rotatable bonds is 10. The third-order valence-corrected chi connectivity index (χ3v) is 9.31. The number of nitrogens with zero attached hydrogens (tertiary/aromatic N) is 8. The minimum absolute atomic E-state index is 0.0275. The molecule has 262 valence electrons. The Hall–Kier alpha value is -4.33. The Morgan fingerprint density at radius 3 is 1.82 bits per heavy atom. The molecule has 0 saturated carbocycles. The van der Waals surface area contributed by atoms with Gasteiger partial charge in [-0.1, -0.05) is 13.8 Å². The fourth-order valence-electron chi connectivity index (χ4n) is 6.61. The van der Waals surface area contributed by atoms with E-state index in [1.165, 1.54) is 0 Å². The molecule has 2 N–H and O–H groups in total. The summed E-state index contributed by atoms with van der Waals surface area (Å²) in [7, 11) is 0. The van der Waals surface area contributed by atoms with Gasteiger partial charge >= 0.3 is 6.03 Å². The maximum atomic E-state index is 13.0. The van der Waals surface area contributed by atoms with Crippen LogP contribution in [0, 0.1) is 0 Å². The van der Waals surface area contributed by atoms with Gasteiger partial charge in [0.15, 0.2) is 5.82 Å². The molecule has 3 saturated heterocycles. The van der Waals surface area contributed by atoms with Gasteiger partial charge in [0, 0.05) is 81.4 Å². The van der Waals surface area contributed by atoms with Gasteiger partial charge in [0.2, 0.25) is 11.9 Å². The van der Waals surface area contributed by atoms with E-state index < -0.39 is 0 Å². The molecule has 0 unspecified atom stereocenters. The third kappa shape index (κ3) is 9.22. The van der Waals surface area contributed by atoms with Crippen LogP contribution in [0.2, 0.25) is 0 Å². The van der Waals surface area contributed by atoms with Crippen molar-refractivity contribution in [2.24, 2.45) is 0 Å². The summed E-state index contributed by atoms with van der Waals surface area (Å²) in [4.78, 5) is 51.9. The lowest BCUT2D eigenvalue weighted by Gasteiger charge is -2.34. The SMILES string of the molecule is CCCN1CCN(C(=O)c2ccc(NC(=O)Nc3ccc(-c4nc(N5CCOCC5)nc(N5CCCN(CCC)CC5)n4)cc3)cc2)CC1. The summed E-state index contributed by atoms with van der Waals surface area (Å²) in [5.41, 5.74) is 2.72. The summed E-state index contributed by atoms with van der Waals surface area (Å²) in [6.45, 7) is 16.5. The van der Waals surface area contributed by atoms with Crippen molar-refractivity contribution in [1.82, 2.24) is 29.7 Å². The van der Waals surface area contributed by atoms with E-state index in [-0.39, 0.29) is 11.9 Å². The molecular formula is C36H50N10O3. The van der Waals surface area contributed by atoms with Crippen LogP contribution < -0.4 is 20.4 Å². The minimum Gasteiger partial charge on any atom is -0.378 e. The number of nitrogens with one attached hydrogen (secondary N) is 2. The Kier molecular flexibility index (Phi) is 11.9. The van der Waals surface area contributed by atoms with Crippen LogP contribution in [-0.4, -0.2) is 133 Å². The molecule has 0 radical (unpaired) electrons. The van der Waals surface area contributed by atoms with E-state index in [0.29, 0.717) is 47.9 Å². The van der Waals surface area contributed by atoms with Crippen LogP contribution in [0.25, 0.3) is 11.4 Å². The Bertz CT molecular complexity index is 1520. The zero-order chi connectivity index (χ0) is 34.0. The van der Waals surface area contributed by atoms with Crippen molar-refractivity contribution in [3.63, 3.8) is 0 Å². The van der Waals surface area contributed by atoms with Crippen molar-refractivity contribution in [2.45, 2.75) is 33.1 Å². The quantitative estimate of drug-likeness (QED) is 0.326. The first kappa shape index (κ1) is 34.5. The summed E-state index contributed by atoms with van der Waals surface area (Å²) in [6, 6.07) is 14.2. The molecule has 0 spiro atoms. The number of anilines is 4. The molecule has 3 fully saturated rings. The highest BCUT2D eigenvalue weighted by Gasteiger charge is 2.23. The first-order valence-corrected chi connectivity index (χ1v) is 17.8. The Morgan fingerprint density at radius 1 is 0.653 bits per heavy atom. The average Bonchev–Trinajstić information content (AvgIpc) is 3.38. The van der Waals surface area contributed by atoms with Gasteiger partial charge < -0.3 is 35.0 Å². The molecular weight excluding hydrogens is 620 g/mol. The van der Waals surface area contributed by atoms with Crippen LogP contribution in [0.1, 0.15) is 43.5 Å². The van der Waals surface area contributed by atoms with Crippen LogP contribution in [0.3, 0.4) is 0 Å². The van der Waals surface area contributed by atoms with E-state index in [2.05, 4.69) is 44.1 Å². The Balaban J connectivity index is 1.08. The van der Waals surface area contributed by atoms with E-state index in [1.54, 1.807) is 24.3 Å². The number of carbonyl (C=O) groups excluding carboxylic acids is 2. The van der Waals surface area contributed by atoms with Crippen molar-refractivity contribution in [2.75, 3.05) is 112 Å². The summed E-state index contributed by atoms with van der Waals surface area (Å²) in [6.07, 6.45) is 3.34. The second-order valence-corrected chi connectivity index (χ2v) is 12.9. The van der Waals surface area contributed by atoms with Gasteiger partial charge in [0.1, 0.15) is 0 Å². The molecule has 4 heterocycles. The molecule has 2 aromatic carbocycles. The first-order valence-electron chi connectivity index (χ1n) is 17.8. The normalized spacial score (nSPS) is 17.9. The predicted molar refractivity (Wildman–Crippen MR) is 194 cm³/mol. The molecule has 6 rings (SSSR count). The monoisotopic (exact) mass is 670 g/mol. The highest BCUT2D eigenvalue weighted by molar-refractivity contribution is 6.00. The summed E-state index contributed by atoms with van der Waals surface area (Å²) in [5, 5.41) is 5.77. The highest BCUT2D eigenvalue weighted by Crippen LogP contribution is 2.25. The van der Waals surface area contributed by atoms with Crippen molar-refractivity contribution in [1.29, 1.82) is 0 Å². The van der Waals surface area contributed by atoms with E-state index in [9.17, 15) is 9.59 Å². The molecule has 3 aliphatic heterocycles. The number of morpholine rings is 1. The number of urea groups is 1. The number of hydrogen-bond acceptors (Lipinski definition) is 10. The lowest BCUT2D eigenvalue weighted by molar-refractivity contribution is 0.0637. The molecule has 13 nitrogen and oxygen atoms in total. The maximum absolute atomic E-state index is 13.0. The molecule has 0 bridgehead atoms. The van der Waals surface area contributed by atoms with Crippen LogP contribution in [0.15, 0.2) is 48.5 Å². The number of aromatic nitrogens is 3. The molecule has 3 aliphatic rings. The summed E-state index contributed by atoms with van der Waals surface area (Å²) < 4.78 is 5.58. The van der Waals surface area contributed by atoms with E-state index in [4.69, 9.17) is 19.7 Å². The Morgan fingerprint density at radius 2 is 1.20 bits per heavy atom. The fraction of sp³-hybridized carbons (Fsp3) is 0.528. The number of benzene rings is 2. The fourth-order valence-corrected chi connectivity index (χ4v) is 6.61. The van der Waals surface area contributed by atoms with Gasteiger partial charge in [-0.2, -0.15) is 15.0 Å². The molecule has 0 aliphatic carbocycles. The molecule has 1 aromatic heterocycles. The van der Waals surface area contributed by atoms with Crippen molar-refractivity contribution in [3.8, 4) is 11.4 Å². The highest BCUT2D eigenvalue weighted by atomic mass is 16.5. The average molecular weight is 671 g/mol. The number of carbonyl (C=O) groups is 2. The largest absolute Gasteiger partial charge is 0.378 e. The Labute approximate surface area is 289 Å².